The van der Waals surface area contributed by atoms with Crippen LogP contribution in [0.15, 0.2) is 42.5 Å². The Morgan fingerprint density at radius 3 is 2.67 bits per heavy atom. The van der Waals surface area contributed by atoms with Crippen LogP contribution in [0.4, 0.5) is 13.2 Å². The average molecular weight is 599 g/mol. The van der Waals surface area contributed by atoms with Gasteiger partial charge in [-0.05, 0) is 61.8 Å². The minimum atomic E-state index is -4.64. The van der Waals surface area contributed by atoms with Crippen LogP contribution in [0.2, 0.25) is 0 Å². The first-order valence-electron chi connectivity index (χ1n) is 14.9. The summed E-state index contributed by atoms with van der Waals surface area (Å²) in [6, 6.07) is 9.17. The van der Waals surface area contributed by atoms with Gasteiger partial charge in [-0.15, -0.1) is 0 Å². The number of aryl methyl sites for hydroxylation is 1. The molecule has 43 heavy (non-hydrogen) atoms. The number of aromatic hydroxyl groups is 1. The molecule has 230 valence electrons. The number of alkyl halides is 3. The summed E-state index contributed by atoms with van der Waals surface area (Å²) in [4.78, 5) is 28.9. The van der Waals surface area contributed by atoms with Crippen LogP contribution < -0.4 is 4.74 Å². The number of nitrogens with zero attached hydrogens (tertiary/aromatic N) is 2. The lowest BCUT2D eigenvalue weighted by molar-refractivity contribution is -0.311. The van der Waals surface area contributed by atoms with Crippen LogP contribution >= 0.6 is 0 Å². The zero-order valence-corrected chi connectivity index (χ0v) is 24.8. The Bertz CT molecular complexity index is 1490. The van der Waals surface area contributed by atoms with Gasteiger partial charge >= 0.3 is 12.3 Å². The first-order chi connectivity index (χ1) is 20.3. The maximum Gasteiger partial charge on any atom is 0.460 e. The number of benzene rings is 2. The largest absolute Gasteiger partial charge is 0.504 e. The molecule has 5 atom stereocenters. The molecule has 6 rings (SSSR count). The number of ether oxygens (including phenoxy) is 2. The van der Waals surface area contributed by atoms with Crippen LogP contribution in [0.5, 0.6) is 11.5 Å². The SMILES string of the molecule is CC(=O)O[C@@]12CCC(N(CC(C)C)C(=O)/C=C/c3cccc(C)c3)C3Oc4c(O)ccc5c4[C@@]31CCN(C(F)(F)F)[C@@H]2C5. The van der Waals surface area contributed by atoms with Gasteiger partial charge in [-0.25, -0.2) is 4.90 Å². The molecule has 2 aliphatic carbocycles. The number of phenols is 1. The number of hydrogen-bond donors (Lipinski definition) is 1. The molecular weight excluding hydrogens is 561 g/mol. The fourth-order valence-electron chi connectivity index (χ4n) is 8.40. The van der Waals surface area contributed by atoms with Gasteiger partial charge in [0.2, 0.25) is 5.91 Å². The molecule has 2 bridgehead atoms. The Balaban J connectivity index is 1.48. The number of rotatable bonds is 6. The molecule has 1 N–H and O–H groups in total. The maximum absolute atomic E-state index is 14.5. The first kappa shape index (κ1) is 29.5. The van der Waals surface area contributed by atoms with E-state index in [0.717, 1.165) is 11.1 Å². The average Bonchev–Trinajstić information content (AvgIpc) is 3.26. The van der Waals surface area contributed by atoms with Crippen molar-refractivity contribution in [2.75, 3.05) is 13.1 Å². The Kier molecular flexibility index (Phi) is 7.06. The Morgan fingerprint density at radius 1 is 1.23 bits per heavy atom. The fourth-order valence-corrected chi connectivity index (χ4v) is 8.40. The molecule has 2 aliphatic heterocycles. The highest BCUT2D eigenvalue weighted by Gasteiger charge is 2.77. The molecule has 1 saturated heterocycles. The standard InChI is InChI=1S/C33H37F3N2O5/c1-19(2)18-37(27(41)11-8-22-7-5-6-20(3)16-22)24-12-13-32(43-21(4)39)26-17-23-9-10-25(40)29-28(23)31(32,30(24)42-29)14-15-38(26)33(34,35)36/h5-11,16,19,24,26,30,40H,12-15,17-18H2,1-4H3/b11-8+/t24?,26-,30?,31+,32-/m1/s1. The summed E-state index contributed by atoms with van der Waals surface area (Å²) in [7, 11) is 0. The quantitative estimate of drug-likeness (QED) is 0.268. The monoisotopic (exact) mass is 598 g/mol. The van der Waals surface area contributed by atoms with E-state index in [0.29, 0.717) is 22.6 Å². The summed E-state index contributed by atoms with van der Waals surface area (Å²) in [5.41, 5.74) is 0.469. The first-order valence-corrected chi connectivity index (χ1v) is 14.9. The maximum atomic E-state index is 14.5. The summed E-state index contributed by atoms with van der Waals surface area (Å²) < 4.78 is 56.2. The second kappa shape index (κ2) is 10.3. The predicted octanol–water partition coefficient (Wildman–Crippen LogP) is 5.51. The van der Waals surface area contributed by atoms with E-state index in [2.05, 4.69) is 0 Å². The van der Waals surface area contributed by atoms with Gasteiger partial charge in [-0.3, -0.25) is 9.59 Å². The smallest absolute Gasteiger partial charge is 0.460 e. The third kappa shape index (κ3) is 4.51. The van der Waals surface area contributed by atoms with Crippen molar-refractivity contribution in [3.8, 4) is 11.5 Å². The van der Waals surface area contributed by atoms with Crippen molar-refractivity contribution in [2.24, 2.45) is 5.92 Å². The molecule has 2 heterocycles. The van der Waals surface area contributed by atoms with Crippen LogP contribution in [-0.2, 0) is 26.2 Å². The second-order valence-electron chi connectivity index (χ2n) is 12.8. The van der Waals surface area contributed by atoms with E-state index >= 15 is 0 Å². The Morgan fingerprint density at radius 2 is 2.00 bits per heavy atom. The summed E-state index contributed by atoms with van der Waals surface area (Å²) in [5, 5.41) is 11.0. The second-order valence-corrected chi connectivity index (χ2v) is 12.8. The van der Waals surface area contributed by atoms with Crippen molar-refractivity contribution in [1.29, 1.82) is 0 Å². The zero-order valence-electron chi connectivity index (χ0n) is 24.8. The van der Waals surface area contributed by atoms with Gasteiger partial charge in [0.05, 0.1) is 17.5 Å². The molecule has 2 unspecified atom stereocenters. The highest BCUT2D eigenvalue weighted by Crippen LogP contribution is 2.67. The molecule has 2 aromatic carbocycles. The van der Waals surface area contributed by atoms with Crippen LogP contribution in [0.3, 0.4) is 0 Å². The molecule has 10 heteroatoms. The number of amides is 1. The number of carbonyl (C=O) groups excluding carboxylic acids is 2. The van der Waals surface area contributed by atoms with Crippen molar-refractivity contribution in [3.63, 3.8) is 0 Å². The molecule has 7 nitrogen and oxygen atoms in total. The number of carbonyl (C=O) groups is 2. The number of phenolic OH excluding ortho intramolecular Hbond substituents is 1. The number of halogens is 3. The van der Waals surface area contributed by atoms with Crippen molar-refractivity contribution in [2.45, 2.75) is 88.9 Å². The van der Waals surface area contributed by atoms with E-state index in [-0.39, 0.29) is 55.6 Å². The lowest BCUT2D eigenvalue weighted by Crippen LogP contribution is -2.80. The summed E-state index contributed by atoms with van der Waals surface area (Å²) in [6.45, 7) is 7.28. The highest BCUT2D eigenvalue weighted by atomic mass is 19.4. The van der Waals surface area contributed by atoms with Crippen LogP contribution in [0.1, 0.15) is 62.3 Å². The molecule has 0 aromatic heterocycles. The van der Waals surface area contributed by atoms with Gasteiger partial charge < -0.3 is 19.5 Å². The van der Waals surface area contributed by atoms with E-state index in [1.807, 2.05) is 45.0 Å². The normalized spacial score (nSPS) is 29.3. The van der Waals surface area contributed by atoms with E-state index in [9.17, 15) is 27.9 Å². The van der Waals surface area contributed by atoms with E-state index in [1.54, 1.807) is 17.0 Å². The lowest BCUT2D eigenvalue weighted by Gasteiger charge is -2.65. The minimum Gasteiger partial charge on any atom is -0.504 e. The molecular formula is C33H37F3N2O5. The van der Waals surface area contributed by atoms with Crippen molar-refractivity contribution >= 4 is 18.0 Å². The van der Waals surface area contributed by atoms with E-state index in [4.69, 9.17) is 9.47 Å². The van der Waals surface area contributed by atoms with Crippen LogP contribution in [0, 0.1) is 12.8 Å². The topological polar surface area (TPSA) is 79.3 Å². The zero-order chi connectivity index (χ0) is 30.9. The number of hydrogen-bond acceptors (Lipinski definition) is 6. The number of esters is 1. The molecule has 1 saturated carbocycles. The Labute approximate surface area is 249 Å². The Hall–Kier alpha value is -3.53. The molecule has 2 aromatic rings. The predicted molar refractivity (Wildman–Crippen MR) is 153 cm³/mol. The van der Waals surface area contributed by atoms with Crippen molar-refractivity contribution < 1.29 is 37.3 Å². The highest BCUT2D eigenvalue weighted by molar-refractivity contribution is 5.92. The number of likely N-dealkylation sites (tertiary alicyclic amines) is 1. The summed E-state index contributed by atoms with van der Waals surface area (Å²) in [6.07, 6.45) is -1.80. The van der Waals surface area contributed by atoms with Gasteiger partial charge in [-0.2, -0.15) is 13.2 Å². The molecule has 1 spiro atoms. The van der Waals surface area contributed by atoms with Gasteiger partial charge in [0.15, 0.2) is 11.5 Å². The molecule has 0 radical (unpaired) electrons. The van der Waals surface area contributed by atoms with E-state index in [1.165, 1.54) is 19.1 Å². The van der Waals surface area contributed by atoms with E-state index < -0.39 is 41.5 Å². The third-order valence-corrected chi connectivity index (χ3v) is 9.75. The van der Waals surface area contributed by atoms with Gasteiger partial charge in [-0.1, -0.05) is 49.7 Å². The van der Waals surface area contributed by atoms with Gasteiger partial charge in [0.25, 0.3) is 0 Å². The fraction of sp³-hybridized carbons (Fsp3) is 0.515. The third-order valence-electron chi connectivity index (χ3n) is 9.75. The molecule has 1 amide bonds. The van der Waals surface area contributed by atoms with Crippen molar-refractivity contribution in [1.82, 2.24) is 9.80 Å². The lowest BCUT2D eigenvalue weighted by atomic mass is 9.48. The summed E-state index contributed by atoms with van der Waals surface area (Å²) >= 11 is 0. The minimum absolute atomic E-state index is 0.00817. The number of piperidine rings is 1. The van der Waals surface area contributed by atoms with Crippen molar-refractivity contribution in [3.05, 3.63) is 64.7 Å². The summed E-state index contributed by atoms with van der Waals surface area (Å²) in [5.74, 6) is -0.708. The van der Waals surface area contributed by atoms with Gasteiger partial charge in [0.1, 0.15) is 11.7 Å². The van der Waals surface area contributed by atoms with Crippen LogP contribution in [0.25, 0.3) is 6.08 Å². The molecule has 4 aliphatic rings. The van der Waals surface area contributed by atoms with Crippen LogP contribution in [-0.4, -0.2) is 70.0 Å². The van der Waals surface area contributed by atoms with Gasteiger partial charge in [0, 0.05) is 31.7 Å². The molecule has 2 fully saturated rings.